The number of para-hydroxylation sites is 1. The summed E-state index contributed by atoms with van der Waals surface area (Å²) >= 11 is 0. The van der Waals surface area contributed by atoms with E-state index in [2.05, 4.69) is 19.9 Å². The number of benzene rings is 2. The SMILES string of the molecule is CCCCC(CCCOc1cccc(O)c1CCC)c1cccc(OC)c1OC. The van der Waals surface area contributed by atoms with Crippen LogP contribution in [0.3, 0.4) is 0 Å². The lowest BCUT2D eigenvalue weighted by atomic mass is 9.88. The fourth-order valence-corrected chi connectivity index (χ4v) is 3.84. The molecule has 4 heteroatoms. The maximum atomic E-state index is 10.1. The van der Waals surface area contributed by atoms with Crippen LogP contribution in [0, 0.1) is 0 Å². The van der Waals surface area contributed by atoms with Gasteiger partial charge in [-0.25, -0.2) is 0 Å². The van der Waals surface area contributed by atoms with Crippen LogP contribution in [0.1, 0.15) is 69.4 Å². The van der Waals surface area contributed by atoms with Crippen LogP contribution in [0.4, 0.5) is 0 Å². The maximum Gasteiger partial charge on any atom is 0.164 e. The van der Waals surface area contributed by atoms with E-state index in [4.69, 9.17) is 14.2 Å². The zero-order valence-electron chi connectivity index (χ0n) is 18.4. The zero-order valence-corrected chi connectivity index (χ0v) is 18.4. The first-order valence-electron chi connectivity index (χ1n) is 10.8. The second-order valence-corrected chi connectivity index (χ2v) is 7.42. The summed E-state index contributed by atoms with van der Waals surface area (Å²) in [6.07, 6.45) is 7.22. The molecule has 0 radical (unpaired) electrons. The van der Waals surface area contributed by atoms with Gasteiger partial charge in [0.25, 0.3) is 0 Å². The molecule has 1 unspecified atom stereocenters. The average molecular weight is 401 g/mol. The van der Waals surface area contributed by atoms with E-state index in [0.717, 1.165) is 54.9 Å². The van der Waals surface area contributed by atoms with Gasteiger partial charge in [-0.05, 0) is 49.8 Å². The lowest BCUT2D eigenvalue weighted by molar-refractivity contribution is 0.292. The van der Waals surface area contributed by atoms with Gasteiger partial charge < -0.3 is 19.3 Å². The first-order chi connectivity index (χ1) is 14.2. The van der Waals surface area contributed by atoms with Crippen LogP contribution < -0.4 is 14.2 Å². The molecule has 0 aliphatic heterocycles. The number of rotatable bonds is 13. The molecule has 0 saturated heterocycles. The molecule has 0 heterocycles. The van der Waals surface area contributed by atoms with Crippen molar-refractivity contribution in [2.24, 2.45) is 0 Å². The Hall–Kier alpha value is -2.36. The summed E-state index contributed by atoms with van der Waals surface area (Å²) in [7, 11) is 3.39. The predicted octanol–water partition coefficient (Wildman–Crippen LogP) is 6.49. The standard InChI is InChI=1S/C25H36O4/c1-5-7-12-19(20-14-8-17-24(27-3)25(20)28-4)13-10-18-29-23-16-9-15-22(26)21(23)11-6-2/h8-9,14-17,19,26H,5-7,10-13,18H2,1-4H3. The summed E-state index contributed by atoms with van der Waals surface area (Å²) in [5.74, 6) is 3.16. The first kappa shape index (κ1) is 22.9. The monoisotopic (exact) mass is 400 g/mol. The molecule has 29 heavy (non-hydrogen) atoms. The molecule has 160 valence electrons. The van der Waals surface area contributed by atoms with Crippen molar-refractivity contribution in [2.75, 3.05) is 20.8 Å². The van der Waals surface area contributed by atoms with Crippen molar-refractivity contribution in [2.45, 2.75) is 64.7 Å². The summed E-state index contributed by atoms with van der Waals surface area (Å²) < 4.78 is 17.2. The number of methoxy groups -OCH3 is 2. The predicted molar refractivity (Wildman–Crippen MR) is 119 cm³/mol. The Labute approximate surface area is 175 Å². The van der Waals surface area contributed by atoms with Gasteiger partial charge in [0, 0.05) is 11.1 Å². The van der Waals surface area contributed by atoms with Crippen molar-refractivity contribution < 1.29 is 19.3 Å². The molecule has 2 rings (SSSR count). The smallest absolute Gasteiger partial charge is 0.164 e. The van der Waals surface area contributed by atoms with Crippen molar-refractivity contribution in [3.05, 3.63) is 47.5 Å². The third kappa shape index (κ3) is 6.31. The van der Waals surface area contributed by atoms with Crippen molar-refractivity contribution >= 4 is 0 Å². The van der Waals surface area contributed by atoms with Gasteiger partial charge in [-0.3, -0.25) is 0 Å². The topological polar surface area (TPSA) is 47.9 Å². The van der Waals surface area contributed by atoms with Gasteiger partial charge in [0.15, 0.2) is 11.5 Å². The van der Waals surface area contributed by atoms with Crippen LogP contribution in [0.2, 0.25) is 0 Å². The maximum absolute atomic E-state index is 10.1. The molecule has 4 nitrogen and oxygen atoms in total. The number of hydrogen-bond donors (Lipinski definition) is 1. The van der Waals surface area contributed by atoms with Gasteiger partial charge in [0.2, 0.25) is 0 Å². The molecule has 0 aliphatic carbocycles. The van der Waals surface area contributed by atoms with Gasteiger partial charge in [-0.15, -0.1) is 0 Å². The van der Waals surface area contributed by atoms with E-state index in [1.165, 1.54) is 18.4 Å². The van der Waals surface area contributed by atoms with Gasteiger partial charge in [-0.2, -0.15) is 0 Å². The number of hydrogen-bond acceptors (Lipinski definition) is 4. The number of phenols is 1. The Morgan fingerprint density at radius 2 is 1.59 bits per heavy atom. The Morgan fingerprint density at radius 1 is 0.862 bits per heavy atom. The van der Waals surface area contributed by atoms with Crippen molar-refractivity contribution in [1.82, 2.24) is 0 Å². The Bertz CT molecular complexity index is 742. The third-order valence-corrected chi connectivity index (χ3v) is 5.34. The summed E-state index contributed by atoms with van der Waals surface area (Å²) in [6.45, 7) is 4.96. The van der Waals surface area contributed by atoms with E-state index >= 15 is 0 Å². The van der Waals surface area contributed by atoms with Crippen LogP contribution in [-0.4, -0.2) is 25.9 Å². The lowest BCUT2D eigenvalue weighted by Gasteiger charge is -2.21. The minimum atomic E-state index is 0.325. The molecule has 0 amide bonds. The van der Waals surface area contributed by atoms with E-state index in [1.54, 1.807) is 20.3 Å². The molecule has 0 saturated carbocycles. The zero-order chi connectivity index (χ0) is 21.1. The molecule has 0 aliphatic rings. The number of ether oxygens (including phenoxy) is 3. The van der Waals surface area contributed by atoms with E-state index in [0.29, 0.717) is 18.3 Å². The third-order valence-electron chi connectivity index (χ3n) is 5.34. The molecule has 1 N–H and O–H groups in total. The molecule has 0 bridgehead atoms. The quantitative estimate of drug-likeness (QED) is 0.390. The highest BCUT2D eigenvalue weighted by Crippen LogP contribution is 2.39. The Balaban J connectivity index is 2.05. The molecular weight excluding hydrogens is 364 g/mol. The van der Waals surface area contributed by atoms with Crippen LogP contribution in [0.25, 0.3) is 0 Å². The van der Waals surface area contributed by atoms with E-state index in [1.807, 2.05) is 24.3 Å². The van der Waals surface area contributed by atoms with Gasteiger partial charge in [0.05, 0.1) is 20.8 Å². The molecule has 0 aromatic heterocycles. The minimum absolute atomic E-state index is 0.325. The molecular formula is C25H36O4. The minimum Gasteiger partial charge on any atom is -0.508 e. The van der Waals surface area contributed by atoms with Crippen LogP contribution >= 0.6 is 0 Å². The highest BCUT2D eigenvalue weighted by molar-refractivity contribution is 5.48. The van der Waals surface area contributed by atoms with Crippen molar-refractivity contribution in [3.8, 4) is 23.0 Å². The fraction of sp³-hybridized carbons (Fsp3) is 0.520. The summed E-state index contributed by atoms with van der Waals surface area (Å²) in [4.78, 5) is 0. The summed E-state index contributed by atoms with van der Waals surface area (Å²) in [5, 5.41) is 10.1. The molecule has 0 spiro atoms. The van der Waals surface area contributed by atoms with E-state index in [9.17, 15) is 5.11 Å². The number of aromatic hydroxyl groups is 1. The lowest BCUT2D eigenvalue weighted by Crippen LogP contribution is -2.07. The number of phenolic OH excluding ortho intramolecular Hbond substituents is 1. The molecule has 2 aromatic carbocycles. The fourth-order valence-electron chi connectivity index (χ4n) is 3.84. The average Bonchev–Trinajstić information content (AvgIpc) is 2.74. The number of unbranched alkanes of at least 4 members (excludes halogenated alkanes) is 1. The highest BCUT2D eigenvalue weighted by atomic mass is 16.5. The van der Waals surface area contributed by atoms with E-state index in [-0.39, 0.29) is 0 Å². The van der Waals surface area contributed by atoms with Gasteiger partial charge >= 0.3 is 0 Å². The van der Waals surface area contributed by atoms with Gasteiger partial charge in [0.1, 0.15) is 11.5 Å². The summed E-state index contributed by atoms with van der Waals surface area (Å²) in [5.41, 5.74) is 2.12. The Morgan fingerprint density at radius 3 is 2.28 bits per heavy atom. The second kappa shape index (κ2) is 12.3. The van der Waals surface area contributed by atoms with Crippen molar-refractivity contribution in [1.29, 1.82) is 0 Å². The van der Waals surface area contributed by atoms with Gasteiger partial charge in [-0.1, -0.05) is 51.3 Å². The van der Waals surface area contributed by atoms with Crippen LogP contribution in [-0.2, 0) is 6.42 Å². The molecule has 2 aromatic rings. The largest absolute Gasteiger partial charge is 0.508 e. The van der Waals surface area contributed by atoms with Crippen LogP contribution in [0.5, 0.6) is 23.0 Å². The second-order valence-electron chi connectivity index (χ2n) is 7.42. The van der Waals surface area contributed by atoms with E-state index < -0.39 is 0 Å². The molecule has 0 fully saturated rings. The van der Waals surface area contributed by atoms with Crippen molar-refractivity contribution in [3.63, 3.8) is 0 Å². The summed E-state index contributed by atoms with van der Waals surface area (Å²) in [6, 6.07) is 11.7. The normalized spacial score (nSPS) is 11.9. The van der Waals surface area contributed by atoms with Crippen LogP contribution in [0.15, 0.2) is 36.4 Å². The molecule has 1 atom stereocenters. The Kier molecular flexibility index (Phi) is 9.69. The first-order valence-corrected chi connectivity index (χ1v) is 10.8. The highest BCUT2D eigenvalue weighted by Gasteiger charge is 2.19.